The number of esters is 1. The summed E-state index contributed by atoms with van der Waals surface area (Å²) < 4.78 is 5.51. The van der Waals surface area contributed by atoms with Crippen molar-refractivity contribution in [2.45, 2.75) is 5.25 Å². The Kier molecular flexibility index (Phi) is 4.74. The van der Waals surface area contributed by atoms with E-state index in [-0.39, 0.29) is 17.9 Å². The summed E-state index contributed by atoms with van der Waals surface area (Å²) in [5.41, 5.74) is 1.02. The number of para-hydroxylation sites is 1. The summed E-state index contributed by atoms with van der Waals surface area (Å²) in [5.74, 6) is -0.500. The molecule has 0 aromatic heterocycles. The number of carbonyl (C=O) groups excluding carboxylic acids is 3. The molecule has 6 nitrogen and oxygen atoms in total. The molecular formula is C15H15BrN2O4S. The van der Waals surface area contributed by atoms with Crippen molar-refractivity contribution in [3.8, 4) is 0 Å². The topological polar surface area (TPSA) is 66.9 Å². The highest BCUT2D eigenvalue weighted by molar-refractivity contribution is 9.10. The van der Waals surface area contributed by atoms with Crippen molar-refractivity contribution in [1.82, 2.24) is 4.90 Å². The van der Waals surface area contributed by atoms with E-state index in [1.54, 1.807) is 30.0 Å². The zero-order valence-electron chi connectivity index (χ0n) is 12.5. The molecule has 0 unspecified atom stereocenters. The number of hydrogen-bond acceptors (Lipinski definition) is 6. The Labute approximate surface area is 146 Å². The lowest BCUT2D eigenvalue weighted by Crippen LogP contribution is -2.48. The van der Waals surface area contributed by atoms with Crippen molar-refractivity contribution in [2.24, 2.45) is 0 Å². The van der Waals surface area contributed by atoms with Gasteiger partial charge in [-0.1, -0.05) is 6.07 Å². The van der Waals surface area contributed by atoms with Gasteiger partial charge in [0, 0.05) is 23.3 Å². The molecule has 1 atom stereocenters. The molecule has 8 heteroatoms. The third-order valence-electron chi connectivity index (χ3n) is 3.90. The molecule has 0 N–H and O–H groups in total. The number of thioether (sulfide) groups is 1. The second-order valence-electron chi connectivity index (χ2n) is 5.30. The predicted molar refractivity (Wildman–Crippen MR) is 90.7 cm³/mol. The van der Waals surface area contributed by atoms with E-state index in [2.05, 4.69) is 15.9 Å². The Morgan fingerprint density at radius 2 is 2.22 bits per heavy atom. The molecule has 23 heavy (non-hydrogen) atoms. The fourth-order valence-corrected chi connectivity index (χ4v) is 4.53. The molecular weight excluding hydrogens is 384 g/mol. The zero-order chi connectivity index (χ0) is 16.6. The summed E-state index contributed by atoms with van der Waals surface area (Å²) in [6.45, 7) is 1.53. The average Bonchev–Trinajstić information content (AvgIpc) is 2.81. The number of amides is 1. The highest BCUT2D eigenvalue weighted by atomic mass is 79.9. The molecule has 122 valence electrons. The maximum absolute atomic E-state index is 12.3. The van der Waals surface area contributed by atoms with Gasteiger partial charge in [0.25, 0.3) is 5.78 Å². The highest BCUT2D eigenvalue weighted by Crippen LogP contribution is 2.36. The van der Waals surface area contributed by atoms with Crippen LogP contribution in [0, 0.1) is 0 Å². The number of Topliss-reactive ketones (excluding diaryl/α,β-unsaturated/α-hetero) is 1. The largest absolute Gasteiger partial charge is 0.468 e. The van der Waals surface area contributed by atoms with E-state index in [9.17, 15) is 14.4 Å². The third-order valence-corrected chi connectivity index (χ3v) is 5.70. The second-order valence-corrected chi connectivity index (χ2v) is 7.46. The SMILES string of the molecule is COC(=O)[C@@H]1CN(CN2C(=O)C(=O)c3cccc(Br)c32)CCS1. The van der Waals surface area contributed by atoms with Crippen molar-refractivity contribution >= 4 is 51.0 Å². The van der Waals surface area contributed by atoms with E-state index in [0.29, 0.717) is 22.3 Å². The van der Waals surface area contributed by atoms with Crippen LogP contribution in [0.3, 0.4) is 0 Å². The van der Waals surface area contributed by atoms with Crippen LogP contribution in [-0.2, 0) is 14.3 Å². The van der Waals surface area contributed by atoms with Crippen LogP contribution < -0.4 is 4.90 Å². The Hall–Kier alpha value is -1.38. The number of anilines is 1. The van der Waals surface area contributed by atoms with Crippen LogP contribution in [0.15, 0.2) is 22.7 Å². The van der Waals surface area contributed by atoms with Crippen LogP contribution in [0.25, 0.3) is 0 Å². The number of rotatable bonds is 3. The summed E-state index contributed by atoms with van der Waals surface area (Å²) in [5, 5.41) is -0.263. The fraction of sp³-hybridized carbons (Fsp3) is 0.400. The van der Waals surface area contributed by atoms with Crippen molar-refractivity contribution in [1.29, 1.82) is 0 Å². The molecule has 0 aliphatic carbocycles. The van der Waals surface area contributed by atoms with Gasteiger partial charge in [-0.15, -0.1) is 11.8 Å². The molecule has 0 spiro atoms. The molecule has 1 amide bonds. The molecule has 2 aliphatic heterocycles. The number of benzene rings is 1. The summed E-state index contributed by atoms with van der Waals surface area (Å²) in [4.78, 5) is 39.6. The maximum atomic E-state index is 12.3. The maximum Gasteiger partial charge on any atom is 0.320 e. The molecule has 0 bridgehead atoms. The van der Waals surface area contributed by atoms with E-state index in [0.717, 1.165) is 12.3 Å². The molecule has 2 heterocycles. The average molecular weight is 399 g/mol. The lowest BCUT2D eigenvalue weighted by molar-refractivity contribution is -0.140. The molecule has 1 aromatic rings. The smallest absolute Gasteiger partial charge is 0.320 e. The number of ketones is 1. The van der Waals surface area contributed by atoms with Crippen LogP contribution in [-0.4, -0.2) is 60.4 Å². The van der Waals surface area contributed by atoms with E-state index < -0.39 is 11.7 Å². The lowest BCUT2D eigenvalue weighted by Gasteiger charge is -2.33. The normalized spacial score (nSPS) is 21.5. The lowest BCUT2D eigenvalue weighted by atomic mass is 10.1. The van der Waals surface area contributed by atoms with Crippen molar-refractivity contribution < 1.29 is 19.1 Å². The predicted octanol–water partition coefficient (Wildman–Crippen LogP) is 1.53. The first-order valence-corrected chi connectivity index (χ1v) is 8.93. The van der Waals surface area contributed by atoms with Gasteiger partial charge in [-0.05, 0) is 28.1 Å². The summed E-state index contributed by atoms with van der Waals surface area (Å²) in [7, 11) is 1.37. The van der Waals surface area contributed by atoms with Gasteiger partial charge < -0.3 is 4.74 Å². The van der Waals surface area contributed by atoms with Crippen LogP contribution in [0.1, 0.15) is 10.4 Å². The fourth-order valence-electron chi connectivity index (χ4n) is 2.75. The minimum absolute atomic E-state index is 0.259. The van der Waals surface area contributed by atoms with Gasteiger partial charge in [0.05, 0.1) is 25.0 Å². The molecule has 3 rings (SSSR count). The third kappa shape index (κ3) is 3.02. The van der Waals surface area contributed by atoms with E-state index in [1.807, 2.05) is 4.90 Å². The monoisotopic (exact) mass is 398 g/mol. The summed E-state index contributed by atoms with van der Waals surface area (Å²) in [6.07, 6.45) is 0. The van der Waals surface area contributed by atoms with Gasteiger partial charge in [0.2, 0.25) is 0 Å². The number of methoxy groups -OCH3 is 1. The Balaban J connectivity index is 1.80. The molecule has 1 fully saturated rings. The van der Waals surface area contributed by atoms with Crippen molar-refractivity contribution in [3.63, 3.8) is 0 Å². The molecule has 0 saturated carbocycles. The van der Waals surface area contributed by atoms with Gasteiger partial charge in [-0.25, -0.2) is 0 Å². The quantitative estimate of drug-likeness (QED) is 0.568. The minimum atomic E-state index is -0.528. The number of carbonyl (C=O) groups is 3. The summed E-state index contributed by atoms with van der Waals surface area (Å²) >= 11 is 4.96. The number of fused-ring (bicyclic) bond motifs is 1. The molecule has 2 aliphatic rings. The van der Waals surface area contributed by atoms with Gasteiger partial charge in [-0.3, -0.25) is 24.2 Å². The van der Waals surface area contributed by atoms with Crippen LogP contribution in [0.4, 0.5) is 5.69 Å². The van der Waals surface area contributed by atoms with Crippen molar-refractivity contribution in [3.05, 3.63) is 28.2 Å². The van der Waals surface area contributed by atoms with Gasteiger partial charge >= 0.3 is 11.9 Å². The standard InChI is InChI=1S/C15H15BrN2O4S/c1-22-15(21)11-7-17(5-6-23-11)8-18-12-9(13(19)14(18)20)3-2-4-10(12)16/h2-4,11H,5-8H2,1H3/t11-/m0/s1. The first-order chi connectivity index (χ1) is 11.0. The van der Waals surface area contributed by atoms with Crippen LogP contribution >= 0.6 is 27.7 Å². The minimum Gasteiger partial charge on any atom is -0.468 e. The molecule has 1 aromatic carbocycles. The summed E-state index contributed by atoms with van der Waals surface area (Å²) in [6, 6.07) is 5.20. The zero-order valence-corrected chi connectivity index (χ0v) is 14.9. The van der Waals surface area contributed by atoms with Gasteiger partial charge in [-0.2, -0.15) is 0 Å². The van der Waals surface area contributed by atoms with Crippen LogP contribution in [0.5, 0.6) is 0 Å². The second kappa shape index (κ2) is 6.62. The van der Waals surface area contributed by atoms with Gasteiger partial charge in [0.1, 0.15) is 5.25 Å². The first-order valence-electron chi connectivity index (χ1n) is 7.09. The Morgan fingerprint density at radius 3 is 2.96 bits per heavy atom. The van der Waals surface area contributed by atoms with E-state index in [1.165, 1.54) is 12.0 Å². The highest BCUT2D eigenvalue weighted by Gasteiger charge is 2.39. The van der Waals surface area contributed by atoms with Gasteiger partial charge in [0.15, 0.2) is 0 Å². The Morgan fingerprint density at radius 1 is 1.43 bits per heavy atom. The van der Waals surface area contributed by atoms with Crippen molar-refractivity contribution in [2.75, 3.05) is 37.5 Å². The molecule has 1 saturated heterocycles. The number of hydrogen-bond donors (Lipinski definition) is 0. The first kappa shape index (κ1) is 16.5. The molecule has 0 radical (unpaired) electrons. The van der Waals surface area contributed by atoms with E-state index in [4.69, 9.17) is 4.74 Å². The number of halogens is 1. The number of nitrogens with zero attached hydrogens (tertiary/aromatic N) is 2. The van der Waals surface area contributed by atoms with Crippen LogP contribution in [0.2, 0.25) is 0 Å². The van der Waals surface area contributed by atoms with E-state index >= 15 is 0 Å². The Bertz CT molecular complexity index is 681. The number of ether oxygens (including phenoxy) is 1.